The molecule has 33 heavy (non-hydrogen) atoms. The number of hydrogen-bond donors (Lipinski definition) is 3. The molecule has 1 aliphatic heterocycles. The third-order valence-electron chi connectivity index (χ3n) is 6.25. The van der Waals surface area contributed by atoms with E-state index >= 15 is 0 Å². The molecule has 3 rings (SSSR count). The number of amides is 2. The van der Waals surface area contributed by atoms with E-state index in [1.807, 2.05) is 12.1 Å². The van der Waals surface area contributed by atoms with Crippen LogP contribution < -0.4 is 10.6 Å². The van der Waals surface area contributed by atoms with E-state index in [1.54, 1.807) is 38.1 Å². The van der Waals surface area contributed by atoms with Crippen molar-refractivity contribution in [1.82, 2.24) is 10.6 Å². The Morgan fingerprint density at radius 2 is 1.73 bits per heavy atom. The number of benzene rings is 2. The molecule has 0 radical (unpaired) electrons. The van der Waals surface area contributed by atoms with Gasteiger partial charge in [-0.25, -0.2) is 0 Å². The zero-order chi connectivity index (χ0) is 24.4. The number of phenols is 1. The lowest BCUT2D eigenvalue weighted by atomic mass is 9.86. The monoisotopic (exact) mass is 452 g/mol. The molecule has 176 valence electrons. The van der Waals surface area contributed by atoms with Crippen LogP contribution in [0.25, 0.3) is 0 Å². The van der Waals surface area contributed by atoms with E-state index in [-0.39, 0.29) is 35.9 Å². The highest BCUT2D eigenvalue weighted by molar-refractivity contribution is 6.00. The first-order valence-electron chi connectivity index (χ1n) is 11.1. The minimum atomic E-state index is -1.16. The molecule has 2 aromatic carbocycles. The highest BCUT2D eigenvalue weighted by Gasteiger charge is 2.47. The third kappa shape index (κ3) is 5.60. The number of phenolic OH excluding ortho intramolecular Hbond substituents is 1. The highest BCUT2D eigenvalue weighted by Crippen LogP contribution is 2.24. The smallest absolute Gasteiger partial charge is 0.251 e. The van der Waals surface area contributed by atoms with E-state index in [0.29, 0.717) is 5.56 Å². The Kier molecular flexibility index (Phi) is 6.93. The van der Waals surface area contributed by atoms with Crippen LogP contribution in [0.1, 0.15) is 56.1 Å². The van der Waals surface area contributed by atoms with E-state index in [9.17, 15) is 19.5 Å². The molecule has 1 unspecified atom stereocenters. The molecule has 0 aliphatic carbocycles. The van der Waals surface area contributed by atoms with Crippen LogP contribution in [0.2, 0.25) is 0 Å². The van der Waals surface area contributed by atoms with Crippen LogP contribution in [0.4, 0.5) is 0 Å². The lowest BCUT2D eigenvalue weighted by molar-refractivity contribution is -0.130. The van der Waals surface area contributed by atoms with Crippen molar-refractivity contribution in [2.45, 2.75) is 64.1 Å². The number of rotatable bonds is 6. The summed E-state index contributed by atoms with van der Waals surface area (Å²) in [5.74, 6) is -0.967. The van der Waals surface area contributed by atoms with Crippen molar-refractivity contribution < 1.29 is 24.2 Å². The summed E-state index contributed by atoms with van der Waals surface area (Å²) >= 11 is 0. The number of hydrogen-bond acceptors (Lipinski definition) is 5. The fraction of sp³-hybridized carbons (Fsp3) is 0.423. The van der Waals surface area contributed by atoms with E-state index in [1.165, 1.54) is 12.1 Å². The van der Waals surface area contributed by atoms with Gasteiger partial charge in [-0.1, -0.05) is 45.0 Å². The fourth-order valence-corrected chi connectivity index (χ4v) is 3.70. The van der Waals surface area contributed by atoms with Gasteiger partial charge in [-0.3, -0.25) is 14.4 Å². The summed E-state index contributed by atoms with van der Waals surface area (Å²) in [6, 6.07) is 12.8. The summed E-state index contributed by atoms with van der Waals surface area (Å²) in [6.07, 6.45) is -0.291. The second kappa shape index (κ2) is 9.35. The molecule has 7 heteroatoms. The number of carbonyl (C=O) groups is 3. The molecule has 0 spiro atoms. The fourth-order valence-electron chi connectivity index (χ4n) is 3.70. The first kappa shape index (κ1) is 24.5. The van der Waals surface area contributed by atoms with Gasteiger partial charge < -0.3 is 20.5 Å². The molecule has 1 aliphatic rings. The molecule has 1 saturated heterocycles. The van der Waals surface area contributed by atoms with E-state index in [0.717, 1.165) is 11.1 Å². The second-order valence-corrected chi connectivity index (χ2v) is 9.79. The lowest BCUT2D eigenvalue weighted by Crippen LogP contribution is -2.60. The van der Waals surface area contributed by atoms with Gasteiger partial charge in [-0.15, -0.1) is 0 Å². The van der Waals surface area contributed by atoms with Crippen LogP contribution in [0.15, 0.2) is 48.5 Å². The summed E-state index contributed by atoms with van der Waals surface area (Å²) in [5, 5.41) is 15.2. The zero-order valence-corrected chi connectivity index (χ0v) is 19.8. The number of nitrogens with one attached hydrogen (secondary N) is 2. The average molecular weight is 453 g/mol. The van der Waals surface area contributed by atoms with Crippen LogP contribution in [-0.2, 0) is 26.2 Å². The lowest BCUT2D eigenvalue weighted by Gasteiger charge is -2.30. The number of aromatic hydroxyl groups is 1. The predicted octanol–water partition coefficient (Wildman–Crippen LogP) is 2.89. The number of carbonyl (C=O) groups excluding carboxylic acids is 3. The summed E-state index contributed by atoms with van der Waals surface area (Å²) in [7, 11) is 0. The minimum absolute atomic E-state index is 0.0433. The van der Waals surface area contributed by atoms with Crippen LogP contribution in [0.5, 0.6) is 5.75 Å². The maximum absolute atomic E-state index is 13.2. The van der Waals surface area contributed by atoms with E-state index < -0.39 is 23.6 Å². The molecular formula is C26H32N2O5. The molecule has 0 bridgehead atoms. The Morgan fingerprint density at radius 1 is 1.12 bits per heavy atom. The van der Waals surface area contributed by atoms with Gasteiger partial charge in [0.1, 0.15) is 23.9 Å². The van der Waals surface area contributed by atoms with Crippen LogP contribution in [0.3, 0.4) is 0 Å². The SMILES string of the molecule is C[C@H]1OCC(=O)[C@]1(C)NC(=O)C(Cc1ccc(O)cc1)NC(=O)c1ccc(C(C)(C)C)cc1. The van der Waals surface area contributed by atoms with E-state index in [4.69, 9.17) is 4.74 Å². The van der Waals surface area contributed by atoms with Crippen molar-refractivity contribution in [3.63, 3.8) is 0 Å². The Bertz CT molecular complexity index is 1020. The molecule has 3 atom stereocenters. The topological polar surface area (TPSA) is 105 Å². The molecular weight excluding hydrogens is 420 g/mol. The Labute approximate surface area is 194 Å². The average Bonchev–Trinajstić information content (AvgIpc) is 3.01. The highest BCUT2D eigenvalue weighted by atomic mass is 16.5. The number of Topliss-reactive ketones (excluding diaryl/α,β-unsaturated/α-hetero) is 1. The Hall–Kier alpha value is -3.19. The third-order valence-corrected chi connectivity index (χ3v) is 6.25. The second-order valence-electron chi connectivity index (χ2n) is 9.79. The van der Waals surface area contributed by atoms with Gasteiger partial charge in [0.25, 0.3) is 5.91 Å². The summed E-state index contributed by atoms with van der Waals surface area (Å²) in [5.41, 5.74) is 1.08. The van der Waals surface area contributed by atoms with Gasteiger partial charge in [0.05, 0.1) is 6.10 Å². The first-order valence-corrected chi connectivity index (χ1v) is 11.1. The van der Waals surface area contributed by atoms with Crippen molar-refractivity contribution in [3.8, 4) is 5.75 Å². The zero-order valence-electron chi connectivity index (χ0n) is 19.8. The largest absolute Gasteiger partial charge is 0.508 e. The maximum Gasteiger partial charge on any atom is 0.251 e. The summed E-state index contributed by atoms with van der Waals surface area (Å²) in [4.78, 5) is 38.6. The van der Waals surface area contributed by atoms with Crippen molar-refractivity contribution in [2.24, 2.45) is 0 Å². The van der Waals surface area contributed by atoms with E-state index in [2.05, 4.69) is 31.4 Å². The van der Waals surface area contributed by atoms with Crippen LogP contribution in [-0.4, -0.2) is 47.0 Å². The molecule has 3 N–H and O–H groups in total. The maximum atomic E-state index is 13.2. The predicted molar refractivity (Wildman–Crippen MR) is 125 cm³/mol. The molecule has 1 heterocycles. The van der Waals surface area contributed by atoms with Gasteiger partial charge in [-0.2, -0.15) is 0 Å². The minimum Gasteiger partial charge on any atom is -0.508 e. The van der Waals surface area contributed by atoms with Crippen molar-refractivity contribution in [3.05, 3.63) is 65.2 Å². The number of ether oxygens (including phenoxy) is 1. The molecule has 1 fully saturated rings. The quantitative estimate of drug-likeness (QED) is 0.625. The van der Waals surface area contributed by atoms with Gasteiger partial charge in [0, 0.05) is 12.0 Å². The van der Waals surface area contributed by atoms with Gasteiger partial charge in [0.15, 0.2) is 5.78 Å². The van der Waals surface area contributed by atoms with Gasteiger partial charge in [-0.05, 0) is 54.7 Å². The standard InChI is InChI=1S/C26H32N2O5/c1-16-26(5,22(30)15-33-16)28-24(32)21(14-17-6-12-20(29)13-7-17)27-23(31)18-8-10-19(11-9-18)25(2,3)4/h6-13,16,21,29H,14-15H2,1-5H3,(H,27,31)(H,28,32)/t16-,21?,26-/m1/s1. The molecule has 0 saturated carbocycles. The summed E-state index contributed by atoms with van der Waals surface area (Å²) < 4.78 is 5.40. The van der Waals surface area contributed by atoms with Gasteiger partial charge in [0.2, 0.25) is 5.91 Å². The van der Waals surface area contributed by atoms with Crippen LogP contribution in [0, 0.1) is 0 Å². The number of ketones is 1. The first-order chi connectivity index (χ1) is 15.4. The molecule has 0 aromatic heterocycles. The Balaban J connectivity index is 1.82. The molecule has 7 nitrogen and oxygen atoms in total. The van der Waals surface area contributed by atoms with Crippen molar-refractivity contribution >= 4 is 17.6 Å². The molecule has 2 amide bonds. The van der Waals surface area contributed by atoms with Crippen LogP contribution >= 0.6 is 0 Å². The normalized spacial score (nSPS) is 21.5. The van der Waals surface area contributed by atoms with Crippen molar-refractivity contribution in [1.29, 1.82) is 0 Å². The van der Waals surface area contributed by atoms with Gasteiger partial charge >= 0.3 is 0 Å². The Morgan fingerprint density at radius 3 is 2.24 bits per heavy atom. The van der Waals surface area contributed by atoms with Crippen molar-refractivity contribution in [2.75, 3.05) is 6.61 Å². The molecule has 2 aromatic rings. The summed E-state index contributed by atoms with van der Waals surface area (Å²) in [6.45, 7) is 9.58.